The van der Waals surface area contributed by atoms with E-state index in [1.807, 2.05) is 0 Å². The molecule has 4 nitrogen and oxygen atoms in total. The van der Waals surface area contributed by atoms with Gasteiger partial charge >= 0.3 is 0 Å². The predicted octanol–water partition coefficient (Wildman–Crippen LogP) is 2.59. The lowest BCUT2D eigenvalue weighted by atomic mass is 9.71. The van der Waals surface area contributed by atoms with Gasteiger partial charge in [-0.2, -0.15) is 0 Å². The highest BCUT2D eigenvalue weighted by atomic mass is 35.5. The Bertz CT molecular complexity index is 282. The molecular weight excluding hydrogens is 309 g/mol. The van der Waals surface area contributed by atoms with E-state index in [0.717, 1.165) is 25.9 Å². The second-order valence-electron chi connectivity index (χ2n) is 6.37. The third kappa shape index (κ3) is 8.24. The summed E-state index contributed by atoms with van der Waals surface area (Å²) < 4.78 is 0. The maximum atomic E-state index is 12.0. The van der Waals surface area contributed by atoms with Crippen molar-refractivity contribution in [3.8, 4) is 0 Å². The fourth-order valence-electron chi connectivity index (χ4n) is 2.79. The summed E-state index contributed by atoms with van der Waals surface area (Å²) in [5.41, 5.74) is 5.99. The van der Waals surface area contributed by atoms with Crippen LogP contribution in [0, 0.1) is 5.41 Å². The molecule has 21 heavy (non-hydrogen) atoms. The van der Waals surface area contributed by atoms with Gasteiger partial charge in [-0.05, 0) is 45.7 Å². The Morgan fingerprint density at radius 1 is 1.24 bits per heavy atom. The van der Waals surface area contributed by atoms with E-state index in [1.54, 1.807) is 0 Å². The Kier molecular flexibility index (Phi) is 12.8. The molecule has 0 aromatic heterocycles. The summed E-state index contributed by atoms with van der Waals surface area (Å²) in [5, 5.41) is 3.04. The molecule has 6 heteroatoms. The zero-order chi connectivity index (χ0) is 14.3. The molecule has 0 radical (unpaired) electrons. The van der Waals surface area contributed by atoms with Crippen LogP contribution in [-0.2, 0) is 4.79 Å². The van der Waals surface area contributed by atoms with Crippen LogP contribution in [0.15, 0.2) is 0 Å². The lowest BCUT2D eigenvalue weighted by Crippen LogP contribution is -2.41. The number of likely N-dealkylation sites (N-methyl/N-ethyl adjacent to an activating group) is 1. The van der Waals surface area contributed by atoms with E-state index in [0.29, 0.717) is 19.0 Å². The molecule has 0 heterocycles. The fourth-order valence-corrected chi connectivity index (χ4v) is 2.79. The first-order valence-electron chi connectivity index (χ1n) is 7.66. The molecule has 0 aromatic rings. The van der Waals surface area contributed by atoms with E-state index in [1.165, 1.54) is 19.3 Å². The normalized spacial score (nSPS) is 17.0. The number of amides is 1. The monoisotopic (exact) mass is 341 g/mol. The molecule has 0 atom stereocenters. The van der Waals surface area contributed by atoms with Gasteiger partial charge in [0.25, 0.3) is 0 Å². The van der Waals surface area contributed by atoms with Crippen molar-refractivity contribution in [1.29, 1.82) is 0 Å². The minimum atomic E-state index is 0. The van der Waals surface area contributed by atoms with Gasteiger partial charge in [0.2, 0.25) is 5.91 Å². The molecule has 0 spiro atoms. The Hall–Kier alpha value is -0.0300. The number of nitrogens with one attached hydrogen (secondary N) is 1. The summed E-state index contributed by atoms with van der Waals surface area (Å²) in [7, 11) is 2.08. The molecule has 128 valence electrons. The lowest BCUT2D eigenvalue weighted by molar-refractivity contribution is -0.123. The number of halogens is 2. The van der Waals surface area contributed by atoms with Crippen LogP contribution in [-0.4, -0.2) is 43.5 Å². The summed E-state index contributed by atoms with van der Waals surface area (Å²) in [6.07, 6.45) is 6.57. The van der Waals surface area contributed by atoms with Crippen LogP contribution in [0.3, 0.4) is 0 Å². The summed E-state index contributed by atoms with van der Waals surface area (Å²) in [5.74, 6) is 0.171. The van der Waals surface area contributed by atoms with Crippen molar-refractivity contribution in [2.24, 2.45) is 11.1 Å². The molecule has 0 aromatic carbocycles. The summed E-state index contributed by atoms with van der Waals surface area (Å²) in [6, 6.07) is 0.519. The van der Waals surface area contributed by atoms with Crippen LogP contribution in [0.4, 0.5) is 0 Å². The van der Waals surface area contributed by atoms with Crippen molar-refractivity contribution in [3.05, 3.63) is 0 Å². The molecule has 3 N–H and O–H groups in total. The number of carbonyl (C=O) groups is 1. The molecule has 0 saturated heterocycles. The molecule has 1 aliphatic carbocycles. The lowest BCUT2D eigenvalue weighted by Gasteiger charge is -2.35. The van der Waals surface area contributed by atoms with Gasteiger partial charge in [-0.1, -0.05) is 19.3 Å². The van der Waals surface area contributed by atoms with Crippen molar-refractivity contribution in [2.45, 2.75) is 58.4 Å². The average Bonchev–Trinajstić information content (AvgIpc) is 2.39. The highest BCUT2D eigenvalue weighted by Gasteiger charge is 2.32. The van der Waals surface area contributed by atoms with E-state index < -0.39 is 0 Å². The summed E-state index contributed by atoms with van der Waals surface area (Å²) in [6.45, 7) is 6.60. The van der Waals surface area contributed by atoms with Crippen molar-refractivity contribution in [1.82, 2.24) is 10.2 Å². The van der Waals surface area contributed by atoms with E-state index >= 15 is 0 Å². The van der Waals surface area contributed by atoms with Crippen LogP contribution in [0.5, 0.6) is 0 Å². The van der Waals surface area contributed by atoms with Crippen molar-refractivity contribution in [3.63, 3.8) is 0 Å². The Balaban J connectivity index is 0. The van der Waals surface area contributed by atoms with Crippen LogP contribution in [0.2, 0.25) is 0 Å². The highest BCUT2D eigenvalue weighted by molar-refractivity contribution is 5.85. The standard InChI is InChI=1S/C15H31N3O.2ClH/c1-13(2)18(3)10-9-17-14(19)11-15(12-16)7-5-4-6-8-15;;/h13H,4-12,16H2,1-3H3,(H,17,19);2*1H. The van der Waals surface area contributed by atoms with Crippen LogP contribution >= 0.6 is 24.8 Å². The minimum absolute atomic E-state index is 0. The van der Waals surface area contributed by atoms with Gasteiger partial charge in [-0.15, -0.1) is 24.8 Å². The van der Waals surface area contributed by atoms with Gasteiger partial charge in [0, 0.05) is 25.6 Å². The van der Waals surface area contributed by atoms with Gasteiger partial charge in [-0.3, -0.25) is 4.79 Å². The second kappa shape index (κ2) is 11.5. The molecule has 1 fully saturated rings. The topological polar surface area (TPSA) is 58.4 Å². The van der Waals surface area contributed by atoms with Crippen LogP contribution in [0.1, 0.15) is 52.4 Å². The van der Waals surface area contributed by atoms with Gasteiger partial charge in [-0.25, -0.2) is 0 Å². The first-order chi connectivity index (χ1) is 8.99. The third-order valence-corrected chi connectivity index (χ3v) is 4.55. The second-order valence-corrected chi connectivity index (χ2v) is 6.37. The predicted molar refractivity (Wildman–Crippen MR) is 94.5 cm³/mol. The number of carbonyl (C=O) groups excluding carboxylic acids is 1. The Morgan fingerprint density at radius 3 is 2.29 bits per heavy atom. The highest BCUT2D eigenvalue weighted by Crippen LogP contribution is 2.38. The van der Waals surface area contributed by atoms with Gasteiger partial charge < -0.3 is 16.0 Å². The van der Waals surface area contributed by atoms with Crippen LogP contribution in [0.25, 0.3) is 0 Å². The van der Waals surface area contributed by atoms with Crippen molar-refractivity contribution in [2.75, 3.05) is 26.7 Å². The SMILES string of the molecule is CC(C)N(C)CCNC(=O)CC1(CN)CCCCC1.Cl.Cl. The molecular formula is C15H33Cl2N3O. The Morgan fingerprint density at radius 2 is 1.81 bits per heavy atom. The molecule has 1 amide bonds. The molecule has 1 saturated carbocycles. The average molecular weight is 342 g/mol. The van der Waals surface area contributed by atoms with Gasteiger partial charge in [0.15, 0.2) is 0 Å². The van der Waals surface area contributed by atoms with E-state index in [-0.39, 0.29) is 36.1 Å². The smallest absolute Gasteiger partial charge is 0.220 e. The first kappa shape index (κ1) is 23.2. The zero-order valence-electron chi connectivity index (χ0n) is 13.7. The number of hydrogen-bond donors (Lipinski definition) is 2. The number of hydrogen-bond acceptors (Lipinski definition) is 3. The van der Waals surface area contributed by atoms with Crippen molar-refractivity contribution < 1.29 is 4.79 Å². The van der Waals surface area contributed by atoms with Gasteiger partial charge in [0.05, 0.1) is 0 Å². The summed E-state index contributed by atoms with van der Waals surface area (Å²) >= 11 is 0. The molecule has 0 bridgehead atoms. The van der Waals surface area contributed by atoms with E-state index in [2.05, 4.69) is 31.1 Å². The number of nitrogens with two attached hydrogens (primary N) is 1. The maximum Gasteiger partial charge on any atom is 0.220 e. The molecule has 1 aliphatic rings. The third-order valence-electron chi connectivity index (χ3n) is 4.55. The maximum absolute atomic E-state index is 12.0. The van der Waals surface area contributed by atoms with Crippen molar-refractivity contribution >= 4 is 30.7 Å². The van der Waals surface area contributed by atoms with E-state index in [9.17, 15) is 4.79 Å². The molecule has 0 aliphatic heterocycles. The minimum Gasteiger partial charge on any atom is -0.355 e. The first-order valence-corrected chi connectivity index (χ1v) is 7.66. The van der Waals surface area contributed by atoms with Crippen LogP contribution < -0.4 is 11.1 Å². The zero-order valence-corrected chi connectivity index (χ0v) is 15.3. The largest absolute Gasteiger partial charge is 0.355 e. The van der Waals surface area contributed by atoms with Gasteiger partial charge in [0.1, 0.15) is 0 Å². The van der Waals surface area contributed by atoms with E-state index in [4.69, 9.17) is 5.73 Å². The number of nitrogens with zero attached hydrogens (tertiary/aromatic N) is 1. The quantitative estimate of drug-likeness (QED) is 0.748. The summed E-state index contributed by atoms with van der Waals surface area (Å²) in [4.78, 5) is 14.3. The molecule has 1 rings (SSSR count). The Labute approximate surface area is 142 Å². The molecule has 0 unspecified atom stereocenters. The fraction of sp³-hybridized carbons (Fsp3) is 0.933. The number of rotatable bonds is 7.